The minimum absolute atomic E-state index is 0.0275. The third kappa shape index (κ3) is 34.7. The lowest BCUT2D eigenvalue weighted by Gasteiger charge is -2.24. The first-order chi connectivity index (χ1) is 24.9. The highest BCUT2D eigenvalue weighted by Crippen LogP contribution is 2.43. The van der Waals surface area contributed by atoms with Gasteiger partial charge in [-0.25, -0.2) is 4.57 Å². The Hall–Kier alpha value is -1.09. The van der Waals surface area contributed by atoms with Crippen LogP contribution in [0.25, 0.3) is 0 Å². The molecule has 52 heavy (non-hydrogen) atoms. The summed E-state index contributed by atoms with van der Waals surface area (Å²) in [6.45, 7) is 4.08. The molecule has 0 saturated heterocycles. The molecule has 0 saturated carbocycles. The topological polar surface area (TPSA) is 119 Å². The zero-order valence-electron chi connectivity index (χ0n) is 34.5. The SMILES string of the molecule is CCCCCCCC/C=C\CC(CCCCCC(=O)O[C@H](CO)COP(=O)(O)OCC[N+](C)(C)C)C(=O)CCCCCCCCCCCCCCC. The molecular weight excluding hydrogens is 677 g/mol. The van der Waals surface area contributed by atoms with Crippen LogP contribution in [0, 0.1) is 5.92 Å². The zero-order valence-corrected chi connectivity index (χ0v) is 35.4. The van der Waals surface area contributed by atoms with E-state index in [-0.39, 0.29) is 18.9 Å². The molecule has 0 aromatic rings. The van der Waals surface area contributed by atoms with E-state index in [0.717, 1.165) is 44.9 Å². The molecular formula is C42H83NO8P+. The van der Waals surface area contributed by atoms with E-state index in [1.54, 1.807) is 0 Å². The molecule has 0 heterocycles. The van der Waals surface area contributed by atoms with Crippen LogP contribution in [0.3, 0.4) is 0 Å². The molecule has 0 aliphatic heterocycles. The number of rotatable bonds is 39. The second kappa shape index (κ2) is 34.4. The Balaban J connectivity index is 4.51. The normalized spacial score (nSPS) is 14.4. The van der Waals surface area contributed by atoms with Crippen LogP contribution >= 0.6 is 7.82 Å². The third-order valence-electron chi connectivity index (χ3n) is 9.67. The van der Waals surface area contributed by atoms with Crippen LogP contribution in [0.5, 0.6) is 0 Å². The van der Waals surface area contributed by atoms with Gasteiger partial charge >= 0.3 is 13.8 Å². The highest BCUT2D eigenvalue weighted by atomic mass is 31.2. The van der Waals surface area contributed by atoms with Crippen molar-refractivity contribution in [3.63, 3.8) is 0 Å². The highest BCUT2D eigenvalue weighted by Gasteiger charge is 2.26. The van der Waals surface area contributed by atoms with Gasteiger partial charge in [-0.3, -0.25) is 18.6 Å². The van der Waals surface area contributed by atoms with Gasteiger partial charge in [0.05, 0.1) is 34.4 Å². The summed E-state index contributed by atoms with van der Waals surface area (Å²) < 4.78 is 27.9. The smallest absolute Gasteiger partial charge is 0.457 e. The Morgan fingerprint density at radius 3 is 1.71 bits per heavy atom. The summed E-state index contributed by atoms with van der Waals surface area (Å²) in [7, 11) is 1.48. The number of carbonyl (C=O) groups is 2. The van der Waals surface area contributed by atoms with Crippen molar-refractivity contribution in [3.8, 4) is 0 Å². The van der Waals surface area contributed by atoms with Gasteiger partial charge in [0.25, 0.3) is 0 Å². The first-order valence-electron chi connectivity index (χ1n) is 21.3. The number of allylic oxidation sites excluding steroid dienone is 2. The summed E-state index contributed by atoms with van der Waals surface area (Å²) in [5, 5.41) is 9.60. The fourth-order valence-electron chi connectivity index (χ4n) is 6.20. The number of hydrogen-bond acceptors (Lipinski definition) is 7. The fourth-order valence-corrected chi connectivity index (χ4v) is 6.94. The Morgan fingerprint density at radius 1 is 0.673 bits per heavy atom. The number of unbranched alkanes of at least 4 members (excludes halogenated alkanes) is 20. The lowest BCUT2D eigenvalue weighted by Crippen LogP contribution is -2.37. The van der Waals surface area contributed by atoms with Gasteiger partial charge in [-0.05, 0) is 38.5 Å². The number of phosphoric ester groups is 1. The molecule has 0 amide bonds. The van der Waals surface area contributed by atoms with Gasteiger partial charge in [-0.2, -0.15) is 0 Å². The van der Waals surface area contributed by atoms with Crippen LogP contribution in [0.2, 0.25) is 0 Å². The van der Waals surface area contributed by atoms with E-state index in [4.69, 9.17) is 13.8 Å². The van der Waals surface area contributed by atoms with E-state index in [1.165, 1.54) is 109 Å². The summed E-state index contributed by atoms with van der Waals surface area (Å²) in [6, 6.07) is 0. The van der Waals surface area contributed by atoms with Gasteiger partial charge in [0, 0.05) is 18.8 Å². The largest absolute Gasteiger partial charge is 0.472 e. The first kappa shape index (κ1) is 50.9. The molecule has 0 aliphatic carbocycles. The molecule has 3 atom stereocenters. The number of ketones is 1. The van der Waals surface area contributed by atoms with E-state index in [2.05, 4.69) is 26.0 Å². The maximum atomic E-state index is 13.3. The molecule has 0 aromatic heterocycles. The maximum Gasteiger partial charge on any atom is 0.472 e. The van der Waals surface area contributed by atoms with Crippen LogP contribution in [-0.4, -0.2) is 79.8 Å². The Labute approximate surface area is 320 Å². The number of esters is 1. The Kier molecular flexibility index (Phi) is 33.7. The summed E-state index contributed by atoms with van der Waals surface area (Å²) in [4.78, 5) is 35.6. The molecule has 9 nitrogen and oxygen atoms in total. The fraction of sp³-hybridized carbons (Fsp3) is 0.905. The average molecular weight is 761 g/mol. The number of likely N-dealkylation sites (N-methyl/N-ethyl adjacent to an activating group) is 1. The molecule has 0 fully saturated rings. The van der Waals surface area contributed by atoms with Crippen molar-refractivity contribution < 1.29 is 42.4 Å². The highest BCUT2D eigenvalue weighted by molar-refractivity contribution is 7.47. The summed E-state index contributed by atoms with van der Waals surface area (Å²) in [6.07, 6.45) is 33.7. The first-order valence-corrected chi connectivity index (χ1v) is 22.8. The zero-order chi connectivity index (χ0) is 38.8. The van der Waals surface area contributed by atoms with E-state index in [1.807, 2.05) is 21.1 Å². The molecule has 308 valence electrons. The lowest BCUT2D eigenvalue weighted by atomic mass is 9.90. The summed E-state index contributed by atoms with van der Waals surface area (Å²) in [5.74, 6) is -0.0890. The van der Waals surface area contributed by atoms with Crippen molar-refractivity contribution in [2.45, 2.75) is 193 Å². The number of carbonyl (C=O) groups excluding carboxylic acids is 2. The monoisotopic (exact) mass is 761 g/mol. The molecule has 0 bridgehead atoms. The lowest BCUT2D eigenvalue weighted by molar-refractivity contribution is -0.870. The van der Waals surface area contributed by atoms with Gasteiger partial charge in [0.15, 0.2) is 0 Å². The quantitative estimate of drug-likeness (QED) is 0.0209. The van der Waals surface area contributed by atoms with Gasteiger partial charge in [-0.1, -0.05) is 148 Å². The van der Waals surface area contributed by atoms with Gasteiger partial charge in [0.1, 0.15) is 25.0 Å². The van der Waals surface area contributed by atoms with E-state index in [9.17, 15) is 24.2 Å². The van der Waals surface area contributed by atoms with Crippen molar-refractivity contribution in [2.24, 2.45) is 5.92 Å². The van der Waals surface area contributed by atoms with Crippen molar-refractivity contribution in [3.05, 3.63) is 12.2 Å². The molecule has 2 N–H and O–H groups in total. The molecule has 0 aliphatic rings. The van der Waals surface area contributed by atoms with Crippen LogP contribution in [0.4, 0.5) is 0 Å². The minimum Gasteiger partial charge on any atom is -0.457 e. The maximum absolute atomic E-state index is 13.3. The Morgan fingerprint density at radius 2 is 1.17 bits per heavy atom. The third-order valence-corrected chi connectivity index (χ3v) is 10.7. The average Bonchev–Trinajstić information content (AvgIpc) is 3.09. The molecule has 2 unspecified atom stereocenters. The van der Waals surface area contributed by atoms with E-state index < -0.39 is 33.1 Å². The second-order valence-electron chi connectivity index (χ2n) is 15.9. The standard InChI is InChI=1S/C42H82NO8P/c1-6-8-10-12-14-16-17-18-19-21-23-25-29-33-41(45)39(31-27-24-22-20-15-13-11-9-7-2)32-28-26-30-34-42(46)51-40(37-44)38-50-52(47,48)49-36-35-43(3,4)5/h24,27,39-40,44H,6-23,25-26,28-38H2,1-5H3/p+1/b27-24-/t39?,40-/m1/s1. The van der Waals surface area contributed by atoms with Crippen LogP contribution in [0.1, 0.15) is 187 Å². The Bertz CT molecular complexity index is 922. The number of phosphoric acid groups is 1. The van der Waals surface area contributed by atoms with Crippen LogP contribution in [-0.2, 0) is 27.9 Å². The number of ether oxygens (including phenoxy) is 1. The van der Waals surface area contributed by atoms with Crippen LogP contribution < -0.4 is 0 Å². The predicted molar refractivity (Wildman–Crippen MR) is 215 cm³/mol. The number of nitrogens with zero attached hydrogens (tertiary/aromatic N) is 1. The molecule has 0 spiro atoms. The number of Topliss-reactive ketones (excluding diaryl/α,β-unsaturated/α-hetero) is 1. The number of quaternary nitrogens is 1. The van der Waals surface area contributed by atoms with E-state index in [0.29, 0.717) is 29.7 Å². The number of aliphatic hydroxyl groups is 1. The summed E-state index contributed by atoms with van der Waals surface area (Å²) >= 11 is 0. The molecule has 10 heteroatoms. The molecule has 0 rings (SSSR count). The van der Waals surface area contributed by atoms with Gasteiger partial charge < -0.3 is 19.2 Å². The minimum atomic E-state index is -4.32. The van der Waals surface area contributed by atoms with Crippen molar-refractivity contribution in [1.29, 1.82) is 0 Å². The second-order valence-corrected chi connectivity index (χ2v) is 17.4. The van der Waals surface area contributed by atoms with Gasteiger partial charge in [0.2, 0.25) is 0 Å². The predicted octanol–water partition coefficient (Wildman–Crippen LogP) is 11.0. The van der Waals surface area contributed by atoms with Gasteiger partial charge in [-0.15, -0.1) is 0 Å². The summed E-state index contributed by atoms with van der Waals surface area (Å²) in [5.41, 5.74) is 0. The molecule has 0 radical (unpaired) electrons. The van der Waals surface area contributed by atoms with Crippen LogP contribution in [0.15, 0.2) is 12.2 Å². The van der Waals surface area contributed by atoms with Crippen molar-refractivity contribution >= 4 is 19.6 Å². The van der Waals surface area contributed by atoms with Crippen molar-refractivity contribution in [2.75, 3.05) is 47.5 Å². The van der Waals surface area contributed by atoms with E-state index >= 15 is 0 Å². The number of hydrogen-bond donors (Lipinski definition) is 2. The number of aliphatic hydroxyl groups excluding tert-OH is 1. The molecule has 0 aromatic carbocycles. The van der Waals surface area contributed by atoms with Crippen molar-refractivity contribution in [1.82, 2.24) is 0 Å².